The Morgan fingerprint density at radius 3 is 2.48 bits per heavy atom. The third-order valence-electron chi connectivity index (χ3n) is 3.39. The first-order valence-corrected chi connectivity index (χ1v) is 7.85. The molecule has 1 fully saturated rings. The highest BCUT2D eigenvalue weighted by Crippen LogP contribution is 2.12. The van der Waals surface area contributed by atoms with Crippen molar-refractivity contribution in [2.45, 2.75) is 26.1 Å². The van der Waals surface area contributed by atoms with Crippen molar-refractivity contribution in [3.63, 3.8) is 0 Å². The van der Waals surface area contributed by atoms with Crippen LogP contribution in [0, 0.1) is 0 Å². The molecule has 5 nitrogen and oxygen atoms in total. The van der Waals surface area contributed by atoms with Crippen LogP contribution in [0.2, 0.25) is 5.02 Å². The molecule has 124 valence electrons. The van der Waals surface area contributed by atoms with Gasteiger partial charge in [-0.2, -0.15) is 0 Å². The van der Waals surface area contributed by atoms with Crippen molar-refractivity contribution in [2.75, 3.05) is 19.7 Å². The van der Waals surface area contributed by atoms with E-state index in [9.17, 15) is 9.59 Å². The van der Waals surface area contributed by atoms with Gasteiger partial charge in [0.2, 0.25) is 0 Å². The van der Waals surface area contributed by atoms with Crippen LogP contribution in [0.4, 0.5) is 0 Å². The minimum atomic E-state index is -0.553. The number of nitrogens with zero attached hydrogens (tertiary/aromatic N) is 1. The van der Waals surface area contributed by atoms with Crippen molar-refractivity contribution in [2.24, 2.45) is 0 Å². The lowest BCUT2D eigenvalue weighted by Crippen LogP contribution is -2.49. The lowest BCUT2D eigenvalue weighted by molar-refractivity contribution is -0.154. The highest BCUT2D eigenvalue weighted by molar-refractivity contribution is 6.30. The Hall–Kier alpha value is -1.85. The standard InChI is InChI=1S/C17H20ClNO4/c1-12-9-19(10-13(2)23-12)16(20)11-22-17(21)8-5-14-3-6-15(18)7-4-14/h3-8,12-13H,9-11H2,1-2H3/b8-5+/t12-,13-/m0/s1. The van der Waals surface area contributed by atoms with E-state index in [0.717, 1.165) is 5.56 Å². The van der Waals surface area contributed by atoms with E-state index in [0.29, 0.717) is 18.1 Å². The number of benzene rings is 1. The van der Waals surface area contributed by atoms with E-state index >= 15 is 0 Å². The molecule has 1 aliphatic heterocycles. The molecule has 0 N–H and O–H groups in total. The van der Waals surface area contributed by atoms with Crippen LogP contribution in [0.1, 0.15) is 19.4 Å². The normalized spacial score (nSPS) is 21.4. The smallest absolute Gasteiger partial charge is 0.331 e. The van der Waals surface area contributed by atoms with Gasteiger partial charge in [0, 0.05) is 24.2 Å². The van der Waals surface area contributed by atoms with Crippen LogP contribution >= 0.6 is 11.6 Å². The second-order valence-corrected chi connectivity index (χ2v) is 5.99. The second kappa shape index (κ2) is 8.13. The molecule has 0 aliphatic carbocycles. The van der Waals surface area contributed by atoms with Crippen LogP contribution in [-0.2, 0) is 19.1 Å². The molecule has 0 spiro atoms. The fraction of sp³-hybridized carbons (Fsp3) is 0.412. The summed E-state index contributed by atoms with van der Waals surface area (Å²) in [6.07, 6.45) is 2.88. The quantitative estimate of drug-likeness (QED) is 0.626. The Balaban J connectivity index is 1.79. The van der Waals surface area contributed by atoms with Crippen LogP contribution in [0.15, 0.2) is 30.3 Å². The molecule has 0 bridgehead atoms. The average molecular weight is 338 g/mol. The fourth-order valence-electron chi connectivity index (χ4n) is 2.39. The lowest BCUT2D eigenvalue weighted by Gasteiger charge is -2.35. The van der Waals surface area contributed by atoms with Gasteiger partial charge in [0.1, 0.15) is 0 Å². The molecule has 2 atom stereocenters. The zero-order chi connectivity index (χ0) is 16.8. The van der Waals surface area contributed by atoms with Gasteiger partial charge in [-0.1, -0.05) is 23.7 Å². The van der Waals surface area contributed by atoms with E-state index in [1.807, 2.05) is 13.8 Å². The molecule has 0 radical (unpaired) electrons. The molecule has 1 aliphatic rings. The zero-order valence-corrected chi connectivity index (χ0v) is 14.0. The number of carbonyl (C=O) groups is 2. The third kappa shape index (κ3) is 5.69. The number of halogens is 1. The molecular weight excluding hydrogens is 318 g/mol. The predicted molar refractivity (Wildman–Crippen MR) is 88.0 cm³/mol. The number of hydrogen-bond acceptors (Lipinski definition) is 4. The van der Waals surface area contributed by atoms with E-state index < -0.39 is 5.97 Å². The van der Waals surface area contributed by atoms with Crippen molar-refractivity contribution in [1.29, 1.82) is 0 Å². The molecule has 0 saturated carbocycles. The van der Waals surface area contributed by atoms with Crippen LogP contribution in [0.25, 0.3) is 6.08 Å². The average Bonchev–Trinajstić information content (AvgIpc) is 2.51. The predicted octanol–water partition coefficient (Wildman–Crippen LogP) is 2.53. The van der Waals surface area contributed by atoms with Gasteiger partial charge in [-0.3, -0.25) is 4.79 Å². The van der Waals surface area contributed by atoms with Gasteiger partial charge in [0.25, 0.3) is 5.91 Å². The van der Waals surface area contributed by atoms with Crippen molar-refractivity contribution in [3.8, 4) is 0 Å². The number of rotatable bonds is 4. The molecule has 1 heterocycles. The molecule has 23 heavy (non-hydrogen) atoms. The van der Waals surface area contributed by atoms with E-state index in [-0.39, 0.29) is 24.7 Å². The first-order valence-electron chi connectivity index (χ1n) is 7.47. The van der Waals surface area contributed by atoms with Crippen LogP contribution < -0.4 is 0 Å². The topological polar surface area (TPSA) is 55.8 Å². The Morgan fingerprint density at radius 2 is 1.87 bits per heavy atom. The highest BCUT2D eigenvalue weighted by Gasteiger charge is 2.26. The van der Waals surface area contributed by atoms with Gasteiger partial charge in [-0.05, 0) is 37.6 Å². The van der Waals surface area contributed by atoms with Gasteiger partial charge in [-0.15, -0.1) is 0 Å². The molecule has 6 heteroatoms. The summed E-state index contributed by atoms with van der Waals surface area (Å²) in [5, 5.41) is 0.629. The lowest BCUT2D eigenvalue weighted by atomic mass is 10.2. The highest BCUT2D eigenvalue weighted by atomic mass is 35.5. The van der Waals surface area contributed by atoms with Crippen molar-refractivity contribution in [3.05, 3.63) is 40.9 Å². The minimum Gasteiger partial charge on any atom is -0.452 e. The van der Waals surface area contributed by atoms with Crippen molar-refractivity contribution >= 4 is 29.6 Å². The first kappa shape index (κ1) is 17.5. The molecule has 1 aromatic carbocycles. The van der Waals surface area contributed by atoms with E-state index in [1.165, 1.54) is 6.08 Å². The zero-order valence-electron chi connectivity index (χ0n) is 13.2. The summed E-state index contributed by atoms with van der Waals surface area (Å²) in [6.45, 7) is 4.60. The molecular formula is C17H20ClNO4. The number of morpholine rings is 1. The van der Waals surface area contributed by atoms with Crippen LogP contribution in [0.3, 0.4) is 0 Å². The first-order chi connectivity index (χ1) is 10.9. The number of ether oxygens (including phenoxy) is 2. The Morgan fingerprint density at radius 1 is 1.26 bits per heavy atom. The molecule has 1 aromatic rings. The summed E-state index contributed by atoms with van der Waals surface area (Å²) in [5.74, 6) is -0.761. The molecule has 1 saturated heterocycles. The fourth-order valence-corrected chi connectivity index (χ4v) is 2.52. The molecule has 0 unspecified atom stereocenters. The minimum absolute atomic E-state index is 0.0109. The third-order valence-corrected chi connectivity index (χ3v) is 3.64. The molecule has 2 rings (SSSR count). The summed E-state index contributed by atoms with van der Waals surface area (Å²) >= 11 is 5.79. The summed E-state index contributed by atoms with van der Waals surface area (Å²) in [7, 11) is 0. The molecule has 0 aromatic heterocycles. The van der Waals surface area contributed by atoms with E-state index in [4.69, 9.17) is 21.1 Å². The Labute approximate surface area is 140 Å². The van der Waals surface area contributed by atoms with Gasteiger partial charge in [-0.25, -0.2) is 4.79 Å². The second-order valence-electron chi connectivity index (χ2n) is 5.55. The van der Waals surface area contributed by atoms with Gasteiger partial charge in [0.15, 0.2) is 6.61 Å². The molecule has 1 amide bonds. The van der Waals surface area contributed by atoms with Crippen LogP contribution in [0.5, 0.6) is 0 Å². The summed E-state index contributed by atoms with van der Waals surface area (Å²) in [5.41, 5.74) is 0.827. The van der Waals surface area contributed by atoms with Crippen molar-refractivity contribution < 1.29 is 19.1 Å². The van der Waals surface area contributed by atoms with Gasteiger partial charge >= 0.3 is 5.97 Å². The van der Waals surface area contributed by atoms with Crippen LogP contribution in [-0.4, -0.2) is 48.7 Å². The van der Waals surface area contributed by atoms with Crippen molar-refractivity contribution in [1.82, 2.24) is 4.90 Å². The SMILES string of the molecule is C[C@H]1CN(C(=O)COC(=O)/C=C/c2ccc(Cl)cc2)C[C@H](C)O1. The van der Waals surface area contributed by atoms with Gasteiger partial charge in [0.05, 0.1) is 12.2 Å². The summed E-state index contributed by atoms with van der Waals surface area (Å²) in [6, 6.07) is 7.04. The summed E-state index contributed by atoms with van der Waals surface area (Å²) < 4.78 is 10.6. The monoisotopic (exact) mass is 337 g/mol. The number of esters is 1. The number of amides is 1. The largest absolute Gasteiger partial charge is 0.452 e. The maximum absolute atomic E-state index is 12.1. The number of carbonyl (C=O) groups excluding carboxylic acids is 2. The van der Waals surface area contributed by atoms with E-state index in [1.54, 1.807) is 35.2 Å². The number of hydrogen-bond donors (Lipinski definition) is 0. The summed E-state index contributed by atoms with van der Waals surface area (Å²) in [4.78, 5) is 25.4. The maximum atomic E-state index is 12.1. The Bertz CT molecular complexity index is 575. The maximum Gasteiger partial charge on any atom is 0.331 e. The van der Waals surface area contributed by atoms with Gasteiger partial charge < -0.3 is 14.4 Å². The van der Waals surface area contributed by atoms with E-state index in [2.05, 4.69) is 0 Å². The Kier molecular flexibility index (Phi) is 6.19.